The Hall–Kier alpha value is -1.90. The average Bonchev–Trinajstić information content (AvgIpc) is 2.80. The van der Waals surface area contributed by atoms with Gasteiger partial charge >= 0.3 is 0 Å². The maximum Gasteiger partial charge on any atom is 0.224 e. The normalized spacial score (nSPS) is 20.6. The number of allylic oxidation sites excluding steroid dienone is 6. The number of carbonyl (C=O) groups is 2. The topological polar surface area (TPSA) is 43.4 Å². The first-order chi connectivity index (χ1) is 14.7. The Morgan fingerprint density at radius 2 is 1.74 bits per heavy atom. The molecule has 2 aliphatic rings. The molecule has 0 aromatic heterocycles. The fourth-order valence-corrected chi connectivity index (χ4v) is 3.66. The average molecular weight is 429 g/mol. The van der Waals surface area contributed by atoms with E-state index in [4.69, 9.17) is 4.74 Å². The van der Waals surface area contributed by atoms with Crippen molar-refractivity contribution in [3.63, 3.8) is 0 Å². The number of ketones is 2. The smallest absolute Gasteiger partial charge is 0.224 e. The van der Waals surface area contributed by atoms with Crippen molar-refractivity contribution in [2.45, 2.75) is 118 Å². The minimum Gasteiger partial charge on any atom is -0.479 e. The molecule has 0 bridgehead atoms. The number of unbranched alkanes of at least 4 members (excludes halogenated alkanes) is 4. The van der Waals surface area contributed by atoms with E-state index in [9.17, 15) is 9.59 Å². The summed E-state index contributed by atoms with van der Waals surface area (Å²) in [6, 6.07) is 0. The fourth-order valence-electron chi connectivity index (χ4n) is 3.66. The summed E-state index contributed by atoms with van der Waals surface area (Å²) in [7, 11) is 0. The van der Waals surface area contributed by atoms with Crippen LogP contribution in [0.4, 0.5) is 0 Å². The van der Waals surface area contributed by atoms with E-state index in [0.717, 1.165) is 49.7 Å². The number of ether oxygens (including phenoxy) is 1. The van der Waals surface area contributed by atoms with Gasteiger partial charge in [0.2, 0.25) is 5.78 Å². The van der Waals surface area contributed by atoms with Crippen LogP contribution in [0.15, 0.2) is 46.3 Å². The molecule has 1 unspecified atom stereocenters. The quantitative estimate of drug-likeness (QED) is 0.276. The second-order valence-electron chi connectivity index (χ2n) is 9.31. The molecule has 0 radical (unpaired) electrons. The van der Waals surface area contributed by atoms with Crippen LogP contribution in [-0.2, 0) is 14.3 Å². The predicted octanol–water partition coefficient (Wildman–Crippen LogP) is 7.97. The highest BCUT2D eigenvalue weighted by molar-refractivity contribution is 6.16. The third-order valence-electron chi connectivity index (χ3n) is 5.88. The first kappa shape index (κ1) is 27.1. The van der Waals surface area contributed by atoms with E-state index in [1.54, 1.807) is 0 Å². The summed E-state index contributed by atoms with van der Waals surface area (Å²) in [4.78, 5) is 25.9. The van der Waals surface area contributed by atoms with E-state index in [1.165, 1.54) is 24.8 Å². The van der Waals surface area contributed by atoms with Gasteiger partial charge in [0, 0.05) is 12.0 Å². The van der Waals surface area contributed by atoms with Crippen molar-refractivity contribution in [1.29, 1.82) is 0 Å². The van der Waals surface area contributed by atoms with Crippen LogP contribution in [0, 0.1) is 0 Å². The Morgan fingerprint density at radius 1 is 1.06 bits per heavy atom. The van der Waals surface area contributed by atoms with Crippen LogP contribution >= 0.6 is 0 Å². The van der Waals surface area contributed by atoms with Crippen molar-refractivity contribution >= 4 is 11.6 Å². The zero-order chi connectivity index (χ0) is 23.4. The molecule has 0 saturated heterocycles. The monoisotopic (exact) mass is 428 g/mol. The molecule has 0 amide bonds. The largest absolute Gasteiger partial charge is 0.479 e. The first-order valence-corrected chi connectivity index (χ1v) is 12.2. The molecule has 31 heavy (non-hydrogen) atoms. The van der Waals surface area contributed by atoms with E-state index >= 15 is 0 Å². The van der Waals surface area contributed by atoms with Crippen molar-refractivity contribution in [3.8, 4) is 0 Å². The standard InChI is InChI=1S/C24H34O3.C4H10/c1-6-7-8-9-12-19-18(4)16-21(25)20-13-15-24(5,14-10-11-17(2)3)27-23(20)22(19)26;1-3-4-2/h11,13,15H,6-10,12,14,16H2,1-5H3;3-4H2,1-2H3. The summed E-state index contributed by atoms with van der Waals surface area (Å²) in [5.74, 6) is 0.175. The summed E-state index contributed by atoms with van der Waals surface area (Å²) >= 11 is 0. The molecule has 0 aromatic carbocycles. The zero-order valence-corrected chi connectivity index (χ0v) is 21.0. The Morgan fingerprint density at radius 3 is 2.32 bits per heavy atom. The highest BCUT2D eigenvalue weighted by Gasteiger charge is 2.36. The summed E-state index contributed by atoms with van der Waals surface area (Å²) in [5.41, 5.74) is 2.85. The van der Waals surface area contributed by atoms with Crippen molar-refractivity contribution in [3.05, 3.63) is 46.3 Å². The molecule has 1 atom stereocenters. The predicted molar refractivity (Wildman–Crippen MR) is 131 cm³/mol. The lowest BCUT2D eigenvalue weighted by Gasteiger charge is -2.32. The van der Waals surface area contributed by atoms with E-state index < -0.39 is 5.60 Å². The molecule has 1 aliphatic heterocycles. The lowest BCUT2D eigenvalue weighted by molar-refractivity contribution is -0.119. The number of hydrogen-bond donors (Lipinski definition) is 0. The highest BCUT2D eigenvalue weighted by atomic mass is 16.5. The van der Waals surface area contributed by atoms with Crippen LogP contribution in [-0.4, -0.2) is 17.2 Å². The molecule has 0 spiro atoms. The lowest BCUT2D eigenvalue weighted by atomic mass is 9.92. The van der Waals surface area contributed by atoms with Crippen LogP contribution in [0.3, 0.4) is 0 Å². The van der Waals surface area contributed by atoms with Gasteiger partial charge in [-0.25, -0.2) is 0 Å². The molecule has 174 valence electrons. The molecule has 0 N–H and O–H groups in total. The van der Waals surface area contributed by atoms with Gasteiger partial charge in [-0.1, -0.05) is 70.1 Å². The first-order valence-electron chi connectivity index (χ1n) is 12.2. The fraction of sp³-hybridized carbons (Fsp3) is 0.643. The lowest BCUT2D eigenvalue weighted by Crippen LogP contribution is -2.32. The third kappa shape index (κ3) is 8.63. The van der Waals surface area contributed by atoms with Gasteiger partial charge < -0.3 is 4.74 Å². The van der Waals surface area contributed by atoms with Gasteiger partial charge in [-0.2, -0.15) is 0 Å². The van der Waals surface area contributed by atoms with Gasteiger partial charge in [-0.3, -0.25) is 9.59 Å². The van der Waals surface area contributed by atoms with Gasteiger partial charge in [0.25, 0.3) is 0 Å². The zero-order valence-electron chi connectivity index (χ0n) is 21.0. The van der Waals surface area contributed by atoms with Crippen molar-refractivity contribution in [2.75, 3.05) is 0 Å². The van der Waals surface area contributed by atoms with Gasteiger partial charge in [-0.15, -0.1) is 0 Å². The number of hydrogen-bond acceptors (Lipinski definition) is 3. The maximum atomic E-state index is 13.2. The molecule has 3 nitrogen and oxygen atoms in total. The number of carbonyl (C=O) groups excluding carboxylic acids is 2. The van der Waals surface area contributed by atoms with Crippen molar-refractivity contribution in [1.82, 2.24) is 0 Å². The van der Waals surface area contributed by atoms with Gasteiger partial charge in [0.1, 0.15) is 5.60 Å². The molecule has 1 heterocycles. The Kier molecular flexibility index (Phi) is 11.8. The van der Waals surface area contributed by atoms with Crippen LogP contribution in [0.2, 0.25) is 0 Å². The van der Waals surface area contributed by atoms with Gasteiger partial charge in [0.15, 0.2) is 11.5 Å². The van der Waals surface area contributed by atoms with Crippen LogP contribution in [0.25, 0.3) is 0 Å². The maximum absolute atomic E-state index is 13.2. The van der Waals surface area contributed by atoms with Gasteiger partial charge in [-0.05, 0) is 65.5 Å². The van der Waals surface area contributed by atoms with E-state index in [-0.39, 0.29) is 17.3 Å². The third-order valence-corrected chi connectivity index (χ3v) is 5.88. The molecule has 0 aromatic rings. The van der Waals surface area contributed by atoms with Crippen molar-refractivity contribution < 1.29 is 14.3 Å². The van der Waals surface area contributed by atoms with E-state index in [2.05, 4.69) is 40.7 Å². The molecular weight excluding hydrogens is 384 g/mol. The summed E-state index contributed by atoms with van der Waals surface area (Å²) in [5, 5.41) is 0. The van der Waals surface area contributed by atoms with E-state index in [1.807, 2.05) is 26.0 Å². The Bertz CT molecular complexity index is 742. The molecule has 2 rings (SSSR count). The molecule has 3 heteroatoms. The minimum atomic E-state index is -0.549. The summed E-state index contributed by atoms with van der Waals surface area (Å²) in [6.45, 7) is 14.6. The summed E-state index contributed by atoms with van der Waals surface area (Å²) < 4.78 is 6.19. The minimum absolute atomic E-state index is 0.0120. The second-order valence-corrected chi connectivity index (χ2v) is 9.31. The number of rotatable bonds is 9. The SMILES string of the molecule is CCCC.CCCCCCC1=C(C)CC(=O)C2=C(OC(C)(CCC=C(C)C)C=C2)C1=O. The molecule has 0 saturated carbocycles. The van der Waals surface area contributed by atoms with Crippen molar-refractivity contribution in [2.24, 2.45) is 0 Å². The molecule has 0 fully saturated rings. The molecular formula is C28H44O3. The van der Waals surface area contributed by atoms with Crippen LogP contribution < -0.4 is 0 Å². The van der Waals surface area contributed by atoms with Gasteiger partial charge in [0.05, 0.1) is 5.57 Å². The summed E-state index contributed by atoms with van der Waals surface area (Å²) in [6.07, 6.45) is 15.7. The molecule has 1 aliphatic carbocycles. The highest BCUT2D eigenvalue weighted by Crippen LogP contribution is 2.36. The van der Waals surface area contributed by atoms with Crippen LogP contribution in [0.1, 0.15) is 113 Å². The Balaban J connectivity index is 0.00000110. The van der Waals surface area contributed by atoms with E-state index in [0.29, 0.717) is 12.0 Å². The number of Topliss-reactive ketones (excluding diaryl/α,β-unsaturated/α-hetero) is 2. The Labute approximate surface area is 190 Å². The van der Waals surface area contributed by atoms with Crippen LogP contribution in [0.5, 0.6) is 0 Å². The second kappa shape index (κ2) is 13.5.